The molecule has 0 aliphatic carbocycles. The van der Waals surface area contributed by atoms with E-state index in [1.54, 1.807) is 25.1 Å². The van der Waals surface area contributed by atoms with E-state index in [1.807, 2.05) is 30.3 Å². The monoisotopic (exact) mass is 559 g/mol. The average Bonchev–Trinajstić information content (AvgIpc) is 2.91. The van der Waals surface area contributed by atoms with Crippen LogP contribution in [0.1, 0.15) is 18.1 Å². The van der Waals surface area contributed by atoms with Gasteiger partial charge in [0.2, 0.25) is 11.7 Å². The molecule has 0 saturated heterocycles. The van der Waals surface area contributed by atoms with E-state index in [2.05, 4.69) is 5.32 Å². The summed E-state index contributed by atoms with van der Waals surface area (Å²) in [5.74, 6) is -0.673. The molecule has 1 N–H and O–H groups in total. The topological polar surface area (TPSA) is 111 Å². The van der Waals surface area contributed by atoms with Gasteiger partial charge in [-0.25, -0.2) is 0 Å². The molecule has 1 atom stereocenters. The normalized spacial score (nSPS) is 11.4. The average molecular weight is 560 g/mol. The zero-order chi connectivity index (χ0) is 27.7. The molecule has 0 aliphatic rings. The fourth-order valence-corrected chi connectivity index (χ4v) is 4.34. The van der Waals surface area contributed by atoms with Crippen molar-refractivity contribution in [3.05, 3.63) is 98.0 Å². The molecule has 0 aliphatic heterocycles. The summed E-state index contributed by atoms with van der Waals surface area (Å²) in [4.78, 5) is 38.8. The summed E-state index contributed by atoms with van der Waals surface area (Å²) in [5.41, 5.74) is 1.11. The second kappa shape index (κ2) is 13.6. The lowest BCUT2D eigenvalue weighted by molar-refractivity contribution is -0.385. The number of methoxy groups -OCH3 is 1. The first kappa shape index (κ1) is 28.7. The number of carbonyl (C=O) groups is 2. The first-order chi connectivity index (χ1) is 18.2. The number of likely N-dealkylation sites (N-methyl/N-ethyl adjacent to an activating group) is 1. The lowest BCUT2D eigenvalue weighted by atomic mass is 10.0. The molecule has 2 amide bonds. The molecule has 3 rings (SSSR count). The van der Waals surface area contributed by atoms with Crippen molar-refractivity contribution in [2.75, 3.05) is 20.3 Å². The van der Waals surface area contributed by atoms with Crippen molar-refractivity contribution in [1.82, 2.24) is 10.2 Å². The molecule has 0 bridgehead atoms. The highest BCUT2D eigenvalue weighted by atomic mass is 35.5. The van der Waals surface area contributed by atoms with Crippen LogP contribution < -0.4 is 14.8 Å². The summed E-state index contributed by atoms with van der Waals surface area (Å²) >= 11 is 12.8. The van der Waals surface area contributed by atoms with Crippen molar-refractivity contribution >= 4 is 40.7 Å². The van der Waals surface area contributed by atoms with Gasteiger partial charge in [-0.1, -0.05) is 59.6 Å². The highest BCUT2D eigenvalue weighted by molar-refractivity contribution is 6.36. The quantitative estimate of drug-likeness (QED) is 0.245. The van der Waals surface area contributed by atoms with Gasteiger partial charge in [-0.05, 0) is 30.7 Å². The van der Waals surface area contributed by atoms with Gasteiger partial charge in [0.15, 0.2) is 6.61 Å². The van der Waals surface area contributed by atoms with Gasteiger partial charge >= 0.3 is 5.69 Å². The number of nitro groups is 1. The van der Waals surface area contributed by atoms with E-state index in [1.165, 1.54) is 30.2 Å². The number of benzene rings is 3. The van der Waals surface area contributed by atoms with E-state index in [4.69, 9.17) is 32.7 Å². The van der Waals surface area contributed by atoms with Crippen LogP contribution in [0, 0.1) is 10.1 Å². The van der Waals surface area contributed by atoms with Crippen LogP contribution in [0.2, 0.25) is 10.0 Å². The maximum atomic E-state index is 13.6. The molecule has 0 fully saturated rings. The van der Waals surface area contributed by atoms with E-state index in [0.29, 0.717) is 22.2 Å². The molecule has 3 aromatic rings. The standard InChI is InChI=1S/C27H27Cl2N3O6/c1-3-30-27(34)24(14-18-8-5-4-6-9-18)31(16-20-21(28)10-7-11-22(20)29)26(33)17-38-19-12-13-23(32(35)36)25(15-19)37-2/h4-13,15,24H,3,14,16-17H2,1-2H3,(H,30,34)/t24-/m0/s1. The fraction of sp³-hybridized carbons (Fsp3) is 0.259. The number of ether oxygens (including phenoxy) is 2. The molecule has 3 aromatic carbocycles. The molecule has 0 aromatic heterocycles. The van der Waals surface area contributed by atoms with E-state index in [-0.39, 0.29) is 36.1 Å². The smallest absolute Gasteiger partial charge is 0.311 e. The third kappa shape index (κ3) is 7.36. The number of hydrogen-bond donors (Lipinski definition) is 1. The summed E-state index contributed by atoms with van der Waals surface area (Å²) in [7, 11) is 1.30. The van der Waals surface area contributed by atoms with Crippen LogP contribution in [0.15, 0.2) is 66.7 Å². The fourth-order valence-electron chi connectivity index (χ4n) is 3.83. The van der Waals surface area contributed by atoms with Gasteiger partial charge in [-0.15, -0.1) is 0 Å². The van der Waals surface area contributed by atoms with Gasteiger partial charge in [0, 0.05) is 47.3 Å². The van der Waals surface area contributed by atoms with Crippen molar-refractivity contribution in [3.63, 3.8) is 0 Å². The van der Waals surface area contributed by atoms with Crippen molar-refractivity contribution in [2.24, 2.45) is 0 Å². The lowest BCUT2D eigenvalue weighted by Crippen LogP contribution is -2.51. The predicted molar refractivity (Wildman–Crippen MR) is 145 cm³/mol. The maximum absolute atomic E-state index is 13.6. The Morgan fingerprint density at radius 1 is 1.05 bits per heavy atom. The lowest BCUT2D eigenvalue weighted by Gasteiger charge is -2.32. The minimum Gasteiger partial charge on any atom is -0.490 e. The largest absolute Gasteiger partial charge is 0.490 e. The Morgan fingerprint density at radius 3 is 2.34 bits per heavy atom. The van der Waals surface area contributed by atoms with Crippen molar-refractivity contribution in [1.29, 1.82) is 0 Å². The van der Waals surface area contributed by atoms with Gasteiger partial charge in [0.25, 0.3) is 5.91 Å². The van der Waals surface area contributed by atoms with E-state index >= 15 is 0 Å². The van der Waals surface area contributed by atoms with Crippen LogP contribution in [0.5, 0.6) is 11.5 Å². The number of halogens is 2. The summed E-state index contributed by atoms with van der Waals surface area (Å²) < 4.78 is 10.7. The number of hydrogen-bond acceptors (Lipinski definition) is 6. The first-order valence-corrected chi connectivity index (χ1v) is 12.5. The van der Waals surface area contributed by atoms with Crippen LogP contribution in [-0.4, -0.2) is 47.9 Å². The molecule has 200 valence electrons. The predicted octanol–water partition coefficient (Wildman–Crippen LogP) is 5.07. The van der Waals surface area contributed by atoms with Crippen molar-refractivity contribution in [2.45, 2.75) is 25.9 Å². The molecule has 38 heavy (non-hydrogen) atoms. The molecular formula is C27H27Cl2N3O6. The van der Waals surface area contributed by atoms with E-state index in [9.17, 15) is 19.7 Å². The number of nitrogens with zero attached hydrogens (tertiary/aromatic N) is 2. The molecular weight excluding hydrogens is 533 g/mol. The van der Waals surface area contributed by atoms with Crippen LogP contribution in [0.25, 0.3) is 0 Å². The van der Waals surface area contributed by atoms with Gasteiger partial charge in [0.1, 0.15) is 11.8 Å². The maximum Gasteiger partial charge on any atom is 0.311 e. The zero-order valence-electron chi connectivity index (χ0n) is 20.9. The van der Waals surface area contributed by atoms with Crippen LogP contribution in [-0.2, 0) is 22.6 Å². The van der Waals surface area contributed by atoms with Crippen LogP contribution in [0.3, 0.4) is 0 Å². The number of amides is 2. The summed E-state index contributed by atoms with van der Waals surface area (Å²) in [6.07, 6.45) is 0.242. The van der Waals surface area contributed by atoms with E-state index in [0.717, 1.165) is 5.56 Å². The molecule has 0 spiro atoms. The molecule has 0 radical (unpaired) electrons. The Bertz CT molecular complexity index is 1270. The molecule has 0 saturated carbocycles. The third-order valence-electron chi connectivity index (χ3n) is 5.72. The molecule has 11 heteroatoms. The zero-order valence-corrected chi connectivity index (χ0v) is 22.4. The van der Waals surface area contributed by atoms with Crippen LogP contribution >= 0.6 is 23.2 Å². The van der Waals surface area contributed by atoms with Crippen LogP contribution in [0.4, 0.5) is 5.69 Å². The van der Waals surface area contributed by atoms with Gasteiger partial charge in [0.05, 0.1) is 12.0 Å². The highest BCUT2D eigenvalue weighted by Gasteiger charge is 2.31. The third-order valence-corrected chi connectivity index (χ3v) is 6.43. The second-order valence-electron chi connectivity index (χ2n) is 8.20. The molecule has 0 unspecified atom stereocenters. The minimum atomic E-state index is -0.896. The summed E-state index contributed by atoms with van der Waals surface area (Å²) in [6.45, 7) is 1.67. The summed E-state index contributed by atoms with van der Waals surface area (Å²) in [5, 5.41) is 14.7. The van der Waals surface area contributed by atoms with Crippen molar-refractivity contribution < 1.29 is 24.0 Å². The number of carbonyl (C=O) groups excluding carboxylic acids is 2. The van der Waals surface area contributed by atoms with Crippen molar-refractivity contribution in [3.8, 4) is 11.5 Å². The SMILES string of the molecule is CCNC(=O)[C@H](Cc1ccccc1)N(Cc1c(Cl)cccc1Cl)C(=O)COc1ccc([N+](=O)[O-])c(OC)c1. The van der Waals surface area contributed by atoms with Gasteiger partial charge in [-0.2, -0.15) is 0 Å². The number of nitrogens with one attached hydrogen (secondary N) is 1. The Morgan fingerprint density at radius 2 is 1.74 bits per heavy atom. The second-order valence-corrected chi connectivity index (χ2v) is 9.02. The molecule has 9 nitrogen and oxygen atoms in total. The Kier molecular flexibility index (Phi) is 10.3. The van der Waals surface area contributed by atoms with Gasteiger partial charge in [-0.3, -0.25) is 19.7 Å². The Labute approximate surface area is 230 Å². The Hall–Kier alpha value is -3.82. The minimum absolute atomic E-state index is 0.0102. The highest BCUT2D eigenvalue weighted by Crippen LogP contribution is 2.31. The Balaban J connectivity index is 1.94. The number of rotatable bonds is 12. The number of nitro benzene ring substituents is 1. The summed E-state index contributed by atoms with van der Waals surface area (Å²) in [6, 6.07) is 17.3. The van der Waals surface area contributed by atoms with Gasteiger partial charge < -0.3 is 19.7 Å². The molecule has 0 heterocycles. The first-order valence-electron chi connectivity index (χ1n) is 11.7. The van der Waals surface area contributed by atoms with E-state index < -0.39 is 23.5 Å².